The molecule has 0 aromatic heterocycles. The van der Waals surface area contributed by atoms with E-state index in [2.05, 4.69) is 58.4 Å². The Balaban J connectivity index is 1.56. The zero-order valence-electron chi connectivity index (χ0n) is 12.3. The van der Waals surface area contributed by atoms with Gasteiger partial charge in [0, 0.05) is 4.83 Å². The first-order valence-corrected chi connectivity index (χ1v) is 9.05. The van der Waals surface area contributed by atoms with Crippen molar-refractivity contribution in [2.45, 2.75) is 43.4 Å². The Kier molecular flexibility index (Phi) is 3.62. The molecule has 0 saturated heterocycles. The number of fused-ring (bicyclic) bond motifs is 2. The number of benzene rings is 2. The molecule has 4 rings (SSSR count). The molecule has 2 aromatic rings. The molecule has 0 bridgehead atoms. The van der Waals surface area contributed by atoms with Gasteiger partial charge in [0.25, 0.3) is 0 Å². The second kappa shape index (κ2) is 5.61. The molecule has 0 N–H and O–H groups in total. The highest BCUT2D eigenvalue weighted by Crippen LogP contribution is 2.42. The van der Waals surface area contributed by atoms with Gasteiger partial charge in [0.05, 0.1) is 0 Å². The van der Waals surface area contributed by atoms with E-state index in [1.54, 1.807) is 11.1 Å². The van der Waals surface area contributed by atoms with E-state index in [0.717, 1.165) is 5.92 Å². The largest absolute Gasteiger partial charge is 0.0836 e. The monoisotopic (exact) mass is 340 g/mol. The standard InChI is InChI=1S/C20H21Br/c21-20-18(11-10-16-4-1-2-7-19(16)20)13-14-8-9-15-5-3-6-17(15)12-14/h1-2,4,7-9,12,18,20H,3,5-6,10-11,13H2. The molecule has 2 atom stereocenters. The summed E-state index contributed by atoms with van der Waals surface area (Å²) < 4.78 is 0. The van der Waals surface area contributed by atoms with Gasteiger partial charge in [-0.3, -0.25) is 0 Å². The molecule has 0 fully saturated rings. The summed E-state index contributed by atoms with van der Waals surface area (Å²) in [5.41, 5.74) is 7.77. The Morgan fingerprint density at radius 1 is 0.905 bits per heavy atom. The Morgan fingerprint density at radius 3 is 2.71 bits per heavy atom. The number of halogens is 1. The maximum absolute atomic E-state index is 3.97. The molecule has 2 aromatic carbocycles. The Bertz CT molecular complexity index is 659. The van der Waals surface area contributed by atoms with Crippen molar-refractivity contribution in [2.75, 3.05) is 0 Å². The number of rotatable bonds is 2. The summed E-state index contributed by atoms with van der Waals surface area (Å²) in [7, 11) is 0. The van der Waals surface area contributed by atoms with Crippen molar-refractivity contribution >= 4 is 15.9 Å². The molecule has 0 aliphatic heterocycles. The first kappa shape index (κ1) is 13.6. The highest BCUT2D eigenvalue weighted by Gasteiger charge is 2.27. The van der Waals surface area contributed by atoms with Gasteiger partial charge in [0.1, 0.15) is 0 Å². The smallest absolute Gasteiger partial charge is 0.0429 e. The van der Waals surface area contributed by atoms with E-state index in [9.17, 15) is 0 Å². The van der Waals surface area contributed by atoms with Crippen molar-refractivity contribution in [1.29, 1.82) is 0 Å². The fourth-order valence-corrected chi connectivity index (χ4v) is 4.93. The van der Waals surface area contributed by atoms with E-state index in [-0.39, 0.29) is 0 Å². The minimum atomic E-state index is 0.510. The predicted octanol–water partition coefficient (Wildman–Crippen LogP) is 5.42. The fourth-order valence-electron chi connectivity index (χ4n) is 4.03. The van der Waals surface area contributed by atoms with Crippen molar-refractivity contribution in [3.8, 4) is 0 Å². The molecule has 0 spiro atoms. The maximum Gasteiger partial charge on any atom is 0.0429 e. The number of aryl methyl sites for hydroxylation is 3. The van der Waals surface area contributed by atoms with E-state index in [1.165, 1.54) is 55.2 Å². The van der Waals surface area contributed by atoms with Gasteiger partial charge in [0.15, 0.2) is 0 Å². The second-order valence-corrected chi connectivity index (χ2v) is 7.55. The van der Waals surface area contributed by atoms with Crippen LogP contribution in [0.1, 0.15) is 45.5 Å². The van der Waals surface area contributed by atoms with Crippen molar-refractivity contribution in [3.05, 3.63) is 70.3 Å². The van der Waals surface area contributed by atoms with Crippen molar-refractivity contribution in [1.82, 2.24) is 0 Å². The summed E-state index contributed by atoms with van der Waals surface area (Å²) in [5, 5.41) is 0. The Hall–Kier alpha value is -1.08. The molecular formula is C20H21Br. The van der Waals surface area contributed by atoms with Crippen LogP contribution in [-0.4, -0.2) is 0 Å². The lowest BCUT2D eigenvalue weighted by molar-refractivity contribution is 0.452. The van der Waals surface area contributed by atoms with Gasteiger partial charge in [-0.05, 0) is 72.3 Å². The van der Waals surface area contributed by atoms with Gasteiger partial charge >= 0.3 is 0 Å². The summed E-state index contributed by atoms with van der Waals surface area (Å²) in [5.74, 6) is 0.722. The topological polar surface area (TPSA) is 0 Å². The van der Waals surface area contributed by atoms with Crippen LogP contribution in [0.4, 0.5) is 0 Å². The van der Waals surface area contributed by atoms with Gasteiger partial charge in [0.2, 0.25) is 0 Å². The molecule has 108 valence electrons. The maximum atomic E-state index is 3.97. The molecule has 0 amide bonds. The summed E-state index contributed by atoms with van der Waals surface area (Å²) in [6.45, 7) is 0. The third-order valence-electron chi connectivity index (χ3n) is 5.21. The predicted molar refractivity (Wildman–Crippen MR) is 92.1 cm³/mol. The molecule has 0 radical (unpaired) electrons. The minimum Gasteiger partial charge on any atom is -0.0836 e. The zero-order chi connectivity index (χ0) is 14.2. The van der Waals surface area contributed by atoms with Crippen molar-refractivity contribution < 1.29 is 0 Å². The lowest BCUT2D eigenvalue weighted by Gasteiger charge is -2.30. The first-order valence-electron chi connectivity index (χ1n) is 8.14. The summed E-state index contributed by atoms with van der Waals surface area (Å²) in [4.78, 5) is 0.510. The summed E-state index contributed by atoms with van der Waals surface area (Å²) in [6.07, 6.45) is 7.65. The van der Waals surface area contributed by atoms with Crippen LogP contribution >= 0.6 is 15.9 Å². The van der Waals surface area contributed by atoms with E-state index < -0.39 is 0 Å². The van der Waals surface area contributed by atoms with Gasteiger partial charge in [-0.15, -0.1) is 0 Å². The average Bonchev–Trinajstić information content (AvgIpc) is 2.98. The SMILES string of the molecule is BrC1c2ccccc2CCC1Cc1ccc2c(c1)CCC2. The lowest BCUT2D eigenvalue weighted by Crippen LogP contribution is -2.18. The third-order valence-corrected chi connectivity index (χ3v) is 6.45. The lowest BCUT2D eigenvalue weighted by atomic mass is 9.80. The molecule has 2 aliphatic rings. The number of alkyl halides is 1. The van der Waals surface area contributed by atoms with E-state index in [0.29, 0.717) is 4.83 Å². The van der Waals surface area contributed by atoms with Crippen LogP contribution in [0, 0.1) is 5.92 Å². The van der Waals surface area contributed by atoms with Crippen molar-refractivity contribution in [2.24, 2.45) is 5.92 Å². The molecule has 2 unspecified atom stereocenters. The van der Waals surface area contributed by atoms with Crippen molar-refractivity contribution in [3.63, 3.8) is 0 Å². The Labute approximate surface area is 135 Å². The van der Waals surface area contributed by atoms with E-state index in [4.69, 9.17) is 0 Å². The highest BCUT2D eigenvalue weighted by molar-refractivity contribution is 9.09. The molecule has 0 saturated carbocycles. The zero-order valence-corrected chi connectivity index (χ0v) is 13.9. The minimum absolute atomic E-state index is 0.510. The van der Waals surface area contributed by atoms with Crippen LogP contribution in [-0.2, 0) is 25.7 Å². The van der Waals surface area contributed by atoms with Gasteiger partial charge in [-0.2, -0.15) is 0 Å². The quantitative estimate of drug-likeness (QED) is 0.640. The second-order valence-electron chi connectivity index (χ2n) is 6.56. The Morgan fingerprint density at radius 2 is 1.76 bits per heavy atom. The van der Waals surface area contributed by atoms with Crippen LogP contribution in [0.3, 0.4) is 0 Å². The molecule has 0 nitrogen and oxygen atoms in total. The van der Waals surface area contributed by atoms with Gasteiger partial charge < -0.3 is 0 Å². The van der Waals surface area contributed by atoms with E-state index >= 15 is 0 Å². The van der Waals surface area contributed by atoms with Gasteiger partial charge in [-0.1, -0.05) is 58.4 Å². The molecule has 2 aliphatic carbocycles. The van der Waals surface area contributed by atoms with Gasteiger partial charge in [-0.25, -0.2) is 0 Å². The van der Waals surface area contributed by atoms with Crippen LogP contribution in [0.15, 0.2) is 42.5 Å². The number of hydrogen-bond acceptors (Lipinski definition) is 0. The van der Waals surface area contributed by atoms with Crippen LogP contribution in [0.25, 0.3) is 0 Å². The third kappa shape index (κ3) is 2.57. The van der Waals surface area contributed by atoms with Crippen LogP contribution in [0.2, 0.25) is 0 Å². The molecule has 21 heavy (non-hydrogen) atoms. The first-order chi connectivity index (χ1) is 10.3. The molecular weight excluding hydrogens is 320 g/mol. The molecule has 0 heterocycles. The molecule has 1 heteroatoms. The normalized spacial score (nSPS) is 23.7. The fraction of sp³-hybridized carbons (Fsp3) is 0.400. The van der Waals surface area contributed by atoms with Crippen LogP contribution in [0.5, 0.6) is 0 Å². The highest BCUT2D eigenvalue weighted by atomic mass is 79.9. The average molecular weight is 341 g/mol. The summed E-state index contributed by atoms with van der Waals surface area (Å²) >= 11 is 3.97. The summed E-state index contributed by atoms with van der Waals surface area (Å²) in [6, 6.07) is 16.1. The van der Waals surface area contributed by atoms with Crippen LogP contribution < -0.4 is 0 Å². The van der Waals surface area contributed by atoms with E-state index in [1.807, 2.05) is 0 Å². The number of hydrogen-bond donors (Lipinski definition) is 0.